The van der Waals surface area contributed by atoms with Crippen LogP contribution in [-0.4, -0.2) is 28.5 Å². The minimum Gasteiger partial charge on any atom is -0.383 e. The van der Waals surface area contributed by atoms with Gasteiger partial charge in [-0.25, -0.2) is 4.39 Å². The monoisotopic (exact) mass is 299 g/mol. The van der Waals surface area contributed by atoms with Crippen LogP contribution in [0, 0.1) is 5.82 Å². The van der Waals surface area contributed by atoms with Crippen LogP contribution in [0.5, 0.6) is 0 Å². The molecule has 90 valence electrons. The second-order valence-electron chi connectivity index (χ2n) is 3.47. The maximum Gasteiger partial charge on any atom is 0.163 e. The lowest BCUT2D eigenvalue weighted by Crippen LogP contribution is -2.04. The van der Waals surface area contributed by atoms with Crippen LogP contribution in [-0.2, 0) is 11.3 Å². The van der Waals surface area contributed by atoms with Crippen LogP contribution in [0.15, 0.2) is 29.0 Å². The van der Waals surface area contributed by atoms with Gasteiger partial charge in [-0.1, -0.05) is 0 Å². The van der Waals surface area contributed by atoms with Gasteiger partial charge in [0.05, 0.1) is 11.1 Å². The van der Waals surface area contributed by atoms with Crippen LogP contribution in [0.1, 0.15) is 0 Å². The summed E-state index contributed by atoms with van der Waals surface area (Å²) in [6.07, 6.45) is 1.63. The van der Waals surface area contributed by atoms with Crippen molar-refractivity contribution in [2.24, 2.45) is 0 Å². The molecule has 0 aliphatic heterocycles. The summed E-state index contributed by atoms with van der Waals surface area (Å²) < 4.78 is 20.4. The fourth-order valence-electron chi connectivity index (χ4n) is 1.47. The van der Waals surface area contributed by atoms with E-state index < -0.39 is 0 Å². The molecule has 0 N–H and O–H groups in total. The zero-order valence-corrected chi connectivity index (χ0v) is 10.8. The molecule has 0 aliphatic carbocycles. The van der Waals surface area contributed by atoms with E-state index in [2.05, 4.69) is 26.1 Å². The van der Waals surface area contributed by atoms with E-state index in [0.717, 1.165) is 5.56 Å². The molecule has 0 spiro atoms. The highest BCUT2D eigenvalue weighted by atomic mass is 79.9. The summed E-state index contributed by atoms with van der Waals surface area (Å²) in [6.45, 7) is 1.24. The Morgan fingerprint density at radius 2 is 2.29 bits per heavy atom. The molecular weight excluding hydrogens is 289 g/mol. The Hall–Kier alpha value is -1.27. The summed E-state index contributed by atoms with van der Waals surface area (Å²) in [5, 5.41) is 7.88. The molecule has 0 fully saturated rings. The van der Waals surface area contributed by atoms with E-state index in [-0.39, 0.29) is 5.82 Å². The molecule has 2 rings (SSSR count). The lowest BCUT2D eigenvalue weighted by Gasteiger charge is -2.06. The molecule has 1 aromatic carbocycles. The van der Waals surface area contributed by atoms with Gasteiger partial charge in [-0.3, -0.25) is 0 Å². The number of ether oxygens (including phenoxy) is 1. The summed E-state index contributed by atoms with van der Waals surface area (Å²) in [7, 11) is 1.64. The third-order valence-corrected chi connectivity index (χ3v) is 2.94. The fourth-order valence-corrected chi connectivity index (χ4v) is 1.85. The standard InChI is InChI=1S/C11H11BrFN3O/c1-17-5-4-16-7-14-15-11(16)8-2-3-10(13)9(12)6-8/h2-3,6-7H,4-5H2,1H3. The number of benzene rings is 1. The molecule has 1 aromatic heterocycles. The van der Waals surface area contributed by atoms with Gasteiger partial charge in [-0.15, -0.1) is 10.2 Å². The Bertz CT molecular complexity index is 515. The van der Waals surface area contributed by atoms with Gasteiger partial charge >= 0.3 is 0 Å². The van der Waals surface area contributed by atoms with Crippen LogP contribution in [0.2, 0.25) is 0 Å². The van der Waals surface area contributed by atoms with Crippen molar-refractivity contribution in [2.45, 2.75) is 6.54 Å². The number of hydrogen-bond acceptors (Lipinski definition) is 3. The van der Waals surface area contributed by atoms with Gasteiger partial charge in [-0.2, -0.15) is 0 Å². The van der Waals surface area contributed by atoms with Gasteiger partial charge in [0.25, 0.3) is 0 Å². The van der Waals surface area contributed by atoms with E-state index in [1.165, 1.54) is 6.07 Å². The molecule has 0 radical (unpaired) electrons. The highest BCUT2D eigenvalue weighted by Gasteiger charge is 2.09. The third-order valence-electron chi connectivity index (χ3n) is 2.33. The number of hydrogen-bond donors (Lipinski definition) is 0. The molecule has 0 saturated heterocycles. The molecule has 0 bridgehead atoms. The minimum atomic E-state index is -0.295. The number of methoxy groups -OCH3 is 1. The van der Waals surface area contributed by atoms with E-state index in [1.807, 2.05) is 4.57 Å². The Labute approximate surface area is 107 Å². The highest BCUT2D eigenvalue weighted by molar-refractivity contribution is 9.10. The first-order valence-electron chi connectivity index (χ1n) is 5.04. The van der Waals surface area contributed by atoms with Gasteiger partial charge in [-0.05, 0) is 34.1 Å². The van der Waals surface area contributed by atoms with Crippen molar-refractivity contribution in [2.75, 3.05) is 13.7 Å². The topological polar surface area (TPSA) is 39.9 Å². The van der Waals surface area contributed by atoms with Crippen molar-refractivity contribution >= 4 is 15.9 Å². The van der Waals surface area contributed by atoms with E-state index in [4.69, 9.17) is 4.74 Å². The average molecular weight is 300 g/mol. The van der Waals surface area contributed by atoms with Gasteiger partial charge in [0.1, 0.15) is 12.1 Å². The summed E-state index contributed by atoms with van der Waals surface area (Å²) in [5.41, 5.74) is 0.812. The highest BCUT2D eigenvalue weighted by Crippen LogP contribution is 2.23. The van der Waals surface area contributed by atoms with E-state index in [1.54, 1.807) is 25.6 Å². The van der Waals surface area contributed by atoms with Crippen LogP contribution in [0.4, 0.5) is 4.39 Å². The summed E-state index contributed by atoms with van der Waals surface area (Å²) in [4.78, 5) is 0. The van der Waals surface area contributed by atoms with Gasteiger partial charge in [0, 0.05) is 19.2 Å². The molecule has 1 heterocycles. The molecule has 17 heavy (non-hydrogen) atoms. The van der Waals surface area contributed by atoms with Crippen molar-refractivity contribution < 1.29 is 9.13 Å². The lowest BCUT2D eigenvalue weighted by atomic mass is 10.2. The first kappa shape index (κ1) is 12.2. The molecule has 0 amide bonds. The Morgan fingerprint density at radius 1 is 1.47 bits per heavy atom. The van der Waals surface area contributed by atoms with Crippen molar-refractivity contribution in [1.82, 2.24) is 14.8 Å². The quantitative estimate of drug-likeness (QED) is 0.871. The number of rotatable bonds is 4. The SMILES string of the molecule is COCCn1cnnc1-c1ccc(F)c(Br)c1. The molecule has 0 atom stereocenters. The fraction of sp³-hybridized carbons (Fsp3) is 0.273. The molecular formula is C11H11BrFN3O. The Balaban J connectivity index is 2.32. The lowest BCUT2D eigenvalue weighted by molar-refractivity contribution is 0.187. The zero-order chi connectivity index (χ0) is 12.3. The van der Waals surface area contributed by atoms with E-state index in [0.29, 0.717) is 23.4 Å². The van der Waals surface area contributed by atoms with Crippen molar-refractivity contribution in [1.29, 1.82) is 0 Å². The van der Waals surface area contributed by atoms with Crippen LogP contribution >= 0.6 is 15.9 Å². The number of nitrogens with zero attached hydrogens (tertiary/aromatic N) is 3. The molecule has 4 nitrogen and oxygen atoms in total. The van der Waals surface area contributed by atoms with Crippen LogP contribution in [0.25, 0.3) is 11.4 Å². The zero-order valence-electron chi connectivity index (χ0n) is 9.23. The number of halogens is 2. The first-order valence-corrected chi connectivity index (χ1v) is 5.84. The van der Waals surface area contributed by atoms with Gasteiger partial charge in [0.2, 0.25) is 0 Å². The molecule has 2 aromatic rings. The third kappa shape index (κ3) is 2.70. The smallest absolute Gasteiger partial charge is 0.163 e. The molecule has 0 saturated carbocycles. The van der Waals surface area contributed by atoms with E-state index in [9.17, 15) is 4.39 Å². The van der Waals surface area contributed by atoms with Gasteiger partial charge in [0.15, 0.2) is 5.82 Å². The minimum absolute atomic E-state index is 0.295. The second-order valence-corrected chi connectivity index (χ2v) is 4.32. The molecule has 0 aliphatic rings. The summed E-state index contributed by atoms with van der Waals surface area (Å²) in [5.74, 6) is 0.402. The van der Waals surface area contributed by atoms with Crippen LogP contribution in [0.3, 0.4) is 0 Å². The maximum absolute atomic E-state index is 13.1. The van der Waals surface area contributed by atoms with Crippen molar-refractivity contribution in [3.8, 4) is 11.4 Å². The normalized spacial score (nSPS) is 10.8. The molecule has 6 heteroatoms. The first-order chi connectivity index (χ1) is 8.22. The largest absolute Gasteiger partial charge is 0.383 e. The van der Waals surface area contributed by atoms with Gasteiger partial charge < -0.3 is 9.30 Å². The summed E-state index contributed by atoms with van der Waals surface area (Å²) in [6, 6.07) is 4.75. The summed E-state index contributed by atoms with van der Waals surface area (Å²) >= 11 is 3.15. The second kappa shape index (κ2) is 5.37. The maximum atomic E-state index is 13.1. The Morgan fingerprint density at radius 3 is 3.00 bits per heavy atom. The predicted octanol–water partition coefficient (Wildman–Crippen LogP) is 2.49. The molecule has 0 unspecified atom stereocenters. The van der Waals surface area contributed by atoms with Crippen molar-refractivity contribution in [3.63, 3.8) is 0 Å². The Kier molecular flexibility index (Phi) is 3.86. The average Bonchev–Trinajstić information content (AvgIpc) is 2.78. The van der Waals surface area contributed by atoms with Crippen molar-refractivity contribution in [3.05, 3.63) is 34.8 Å². The predicted molar refractivity (Wildman–Crippen MR) is 65.0 cm³/mol. The van der Waals surface area contributed by atoms with E-state index >= 15 is 0 Å². The van der Waals surface area contributed by atoms with Crippen LogP contribution < -0.4 is 0 Å². The number of aromatic nitrogens is 3.